The van der Waals surface area contributed by atoms with Gasteiger partial charge in [0.25, 0.3) is 6.43 Å². The standard InChI is InChI=1S/C21H34F3NO3S/c1-20(2,3)25(6)12-8-7-11-21(4,5)15-29(26,27)16-9-10-17(22)18(13-16)28-14-19(23)24/h9-10,13,19H,7-8,11-12,14-15H2,1-6H3. The second kappa shape index (κ2) is 10.2. The van der Waals surface area contributed by atoms with E-state index in [1.54, 1.807) is 0 Å². The first-order valence-electron chi connectivity index (χ1n) is 9.78. The molecule has 0 aromatic heterocycles. The first-order chi connectivity index (χ1) is 13.1. The Morgan fingerprint density at radius 1 is 1.10 bits per heavy atom. The number of unbranched alkanes of at least 4 members (excludes halogenated alkanes) is 1. The highest BCUT2D eigenvalue weighted by Crippen LogP contribution is 2.30. The van der Waals surface area contributed by atoms with Crippen molar-refractivity contribution in [3.63, 3.8) is 0 Å². The van der Waals surface area contributed by atoms with Crippen LogP contribution in [0, 0.1) is 11.2 Å². The minimum absolute atomic E-state index is 0.0888. The molecule has 0 aliphatic carbocycles. The molecule has 29 heavy (non-hydrogen) atoms. The smallest absolute Gasteiger partial charge is 0.272 e. The minimum Gasteiger partial charge on any atom is -0.485 e. The molecule has 1 rings (SSSR count). The summed E-state index contributed by atoms with van der Waals surface area (Å²) in [5.74, 6) is -1.46. The van der Waals surface area contributed by atoms with Crippen molar-refractivity contribution in [1.82, 2.24) is 4.90 Å². The zero-order valence-electron chi connectivity index (χ0n) is 18.3. The Kier molecular flexibility index (Phi) is 9.02. The predicted octanol–water partition coefficient (Wildman–Crippen LogP) is 5.17. The number of ether oxygens (including phenoxy) is 1. The van der Waals surface area contributed by atoms with Crippen LogP contribution in [0.3, 0.4) is 0 Å². The topological polar surface area (TPSA) is 46.6 Å². The van der Waals surface area contributed by atoms with Crippen LogP contribution in [0.25, 0.3) is 0 Å². The zero-order valence-corrected chi connectivity index (χ0v) is 19.1. The summed E-state index contributed by atoms with van der Waals surface area (Å²) in [5.41, 5.74) is -0.386. The maximum atomic E-state index is 13.7. The van der Waals surface area contributed by atoms with Crippen LogP contribution >= 0.6 is 0 Å². The molecule has 0 unspecified atom stereocenters. The van der Waals surface area contributed by atoms with Gasteiger partial charge in [-0.25, -0.2) is 21.6 Å². The number of alkyl halides is 2. The average molecular weight is 438 g/mol. The van der Waals surface area contributed by atoms with E-state index in [4.69, 9.17) is 4.74 Å². The molecule has 0 aliphatic heterocycles. The molecule has 0 radical (unpaired) electrons. The van der Waals surface area contributed by atoms with Crippen LogP contribution in [0.15, 0.2) is 23.1 Å². The van der Waals surface area contributed by atoms with Crippen molar-refractivity contribution in [2.75, 3.05) is 26.0 Å². The predicted molar refractivity (Wildman–Crippen MR) is 110 cm³/mol. The number of nitrogens with zero attached hydrogens (tertiary/aromatic N) is 1. The molecule has 0 saturated carbocycles. The van der Waals surface area contributed by atoms with E-state index in [0.717, 1.165) is 44.0 Å². The Hall–Kier alpha value is -1.28. The second-order valence-corrected chi connectivity index (χ2v) is 11.3. The van der Waals surface area contributed by atoms with Crippen molar-refractivity contribution < 1.29 is 26.3 Å². The maximum absolute atomic E-state index is 13.7. The first kappa shape index (κ1) is 25.8. The van der Waals surface area contributed by atoms with E-state index in [2.05, 4.69) is 32.7 Å². The van der Waals surface area contributed by atoms with Crippen LogP contribution in [0.5, 0.6) is 5.75 Å². The number of rotatable bonds is 11. The van der Waals surface area contributed by atoms with E-state index in [1.165, 1.54) is 0 Å². The van der Waals surface area contributed by atoms with Crippen molar-refractivity contribution in [1.29, 1.82) is 0 Å². The van der Waals surface area contributed by atoms with Gasteiger partial charge in [-0.3, -0.25) is 0 Å². The number of benzene rings is 1. The van der Waals surface area contributed by atoms with Gasteiger partial charge in [0, 0.05) is 11.6 Å². The van der Waals surface area contributed by atoms with Gasteiger partial charge in [0.2, 0.25) is 0 Å². The van der Waals surface area contributed by atoms with Crippen LogP contribution in [0.1, 0.15) is 53.9 Å². The molecular formula is C21H34F3NO3S. The Labute approximate surface area is 173 Å². The number of hydrogen-bond acceptors (Lipinski definition) is 4. The van der Waals surface area contributed by atoms with Crippen LogP contribution in [-0.2, 0) is 9.84 Å². The summed E-state index contributed by atoms with van der Waals surface area (Å²) in [6, 6.07) is 3.07. The van der Waals surface area contributed by atoms with Crippen LogP contribution in [-0.4, -0.2) is 51.2 Å². The van der Waals surface area contributed by atoms with Crippen LogP contribution in [0.4, 0.5) is 13.2 Å². The second-order valence-electron chi connectivity index (χ2n) is 9.27. The lowest BCUT2D eigenvalue weighted by atomic mass is 9.89. The van der Waals surface area contributed by atoms with Crippen molar-refractivity contribution in [3.8, 4) is 5.75 Å². The third-order valence-electron chi connectivity index (χ3n) is 4.95. The molecule has 0 N–H and O–H groups in total. The Morgan fingerprint density at radius 3 is 2.28 bits per heavy atom. The summed E-state index contributed by atoms with van der Waals surface area (Å²) in [7, 11) is -1.65. The third kappa shape index (κ3) is 8.95. The van der Waals surface area contributed by atoms with Crippen molar-refractivity contribution in [2.45, 2.75) is 70.7 Å². The van der Waals surface area contributed by atoms with Crippen molar-refractivity contribution in [2.24, 2.45) is 5.41 Å². The van der Waals surface area contributed by atoms with Gasteiger partial charge in [0.1, 0.15) is 6.61 Å². The summed E-state index contributed by atoms with van der Waals surface area (Å²) in [4.78, 5) is 2.14. The number of sulfone groups is 1. The Balaban J connectivity index is 2.73. The van der Waals surface area contributed by atoms with E-state index in [0.29, 0.717) is 0 Å². The van der Waals surface area contributed by atoms with Gasteiger partial charge in [-0.1, -0.05) is 20.3 Å². The molecule has 0 fully saturated rings. The highest BCUT2D eigenvalue weighted by atomic mass is 32.2. The van der Waals surface area contributed by atoms with Crippen molar-refractivity contribution >= 4 is 9.84 Å². The summed E-state index contributed by atoms with van der Waals surface area (Å²) in [6.07, 6.45) is -0.208. The molecule has 4 nitrogen and oxygen atoms in total. The minimum atomic E-state index is -3.72. The monoisotopic (exact) mass is 437 g/mol. The Morgan fingerprint density at radius 2 is 1.72 bits per heavy atom. The molecule has 0 heterocycles. The van der Waals surface area contributed by atoms with Gasteiger partial charge in [0.15, 0.2) is 21.4 Å². The van der Waals surface area contributed by atoms with E-state index in [9.17, 15) is 21.6 Å². The van der Waals surface area contributed by atoms with Gasteiger partial charge in [-0.15, -0.1) is 0 Å². The molecule has 0 saturated heterocycles. The maximum Gasteiger partial charge on any atom is 0.272 e. The number of halogens is 3. The largest absolute Gasteiger partial charge is 0.485 e. The molecule has 0 bridgehead atoms. The van der Waals surface area contributed by atoms with Crippen LogP contribution < -0.4 is 4.74 Å². The SMILES string of the molecule is CN(CCCCC(C)(C)CS(=O)(=O)c1ccc(F)c(OCC(F)F)c1)C(C)(C)C. The van der Waals surface area contributed by atoms with Crippen LogP contribution in [0.2, 0.25) is 0 Å². The van der Waals surface area contributed by atoms with E-state index < -0.39 is 39.9 Å². The quantitative estimate of drug-likeness (QED) is 0.354. The Bertz CT molecular complexity index is 759. The lowest BCUT2D eigenvalue weighted by molar-refractivity contribution is 0.0798. The molecule has 168 valence electrons. The highest BCUT2D eigenvalue weighted by Gasteiger charge is 2.28. The van der Waals surface area contributed by atoms with Gasteiger partial charge in [-0.2, -0.15) is 0 Å². The first-order valence-corrected chi connectivity index (χ1v) is 11.4. The average Bonchev–Trinajstić information content (AvgIpc) is 2.55. The summed E-state index contributed by atoms with van der Waals surface area (Å²) < 4.78 is 68.6. The van der Waals surface area contributed by atoms with E-state index in [1.807, 2.05) is 13.8 Å². The molecular weight excluding hydrogens is 403 g/mol. The fraction of sp³-hybridized carbons (Fsp3) is 0.714. The fourth-order valence-electron chi connectivity index (χ4n) is 2.90. The van der Waals surface area contributed by atoms with Gasteiger partial charge >= 0.3 is 0 Å². The van der Waals surface area contributed by atoms with Gasteiger partial charge in [0.05, 0.1) is 10.6 Å². The van der Waals surface area contributed by atoms with E-state index in [-0.39, 0.29) is 16.2 Å². The summed E-state index contributed by atoms with van der Waals surface area (Å²) in [5, 5.41) is 0. The fourth-order valence-corrected chi connectivity index (χ4v) is 4.80. The van der Waals surface area contributed by atoms with Gasteiger partial charge in [-0.05, 0) is 64.8 Å². The molecule has 0 spiro atoms. The molecule has 8 heteroatoms. The highest BCUT2D eigenvalue weighted by molar-refractivity contribution is 7.91. The number of hydrogen-bond donors (Lipinski definition) is 0. The molecule has 1 aromatic rings. The third-order valence-corrected chi connectivity index (χ3v) is 7.08. The molecule has 0 amide bonds. The normalized spacial score (nSPS) is 13.3. The molecule has 1 aromatic carbocycles. The lowest BCUT2D eigenvalue weighted by Crippen LogP contribution is -2.38. The van der Waals surface area contributed by atoms with E-state index >= 15 is 0 Å². The zero-order chi connectivity index (χ0) is 22.5. The van der Waals surface area contributed by atoms with Gasteiger partial charge < -0.3 is 9.64 Å². The summed E-state index contributed by atoms with van der Waals surface area (Å²) >= 11 is 0. The summed E-state index contributed by atoms with van der Waals surface area (Å²) in [6.45, 7) is 10.1. The van der Waals surface area contributed by atoms with Crippen molar-refractivity contribution in [3.05, 3.63) is 24.0 Å². The molecule has 0 atom stereocenters. The molecule has 0 aliphatic rings. The lowest BCUT2D eigenvalue weighted by Gasteiger charge is -2.32.